The van der Waals surface area contributed by atoms with Crippen LogP contribution in [0.15, 0.2) is 110 Å². The molecule has 0 radical (unpaired) electrons. The van der Waals surface area contributed by atoms with Crippen LogP contribution in [-0.2, 0) is 10.0 Å². The van der Waals surface area contributed by atoms with E-state index in [4.69, 9.17) is 5.14 Å². The molecule has 0 saturated heterocycles. The number of sulfonamides is 1. The lowest BCUT2D eigenvalue weighted by Crippen LogP contribution is -2.13. The van der Waals surface area contributed by atoms with Crippen LogP contribution in [0.2, 0.25) is 0 Å². The summed E-state index contributed by atoms with van der Waals surface area (Å²) in [5.74, 6) is 0. The first-order valence-electron chi connectivity index (χ1n) is 9.46. The summed E-state index contributed by atoms with van der Waals surface area (Å²) in [7, 11) is -3.79. The number of aromatic amines is 1. The molecule has 0 aliphatic rings. The predicted molar refractivity (Wildman–Crippen MR) is 122 cm³/mol. The maximum Gasteiger partial charge on any atom is 0.299 e. The lowest BCUT2D eigenvalue weighted by atomic mass is 10.3. The molecular formula is C22H18N6O3S. The minimum Gasteiger partial charge on any atom is -0.287 e. The van der Waals surface area contributed by atoms with Crippen molar-refractivity contribution in [2.24, 2.45) is 20.4 Å². The third-order valence-electron chi connectivity index (χ3n) is 4.44. The van der Waals surface area contributed by atoms with Crippen LogP contribution in [0, 0.1) is 0 Å². The van der Waals surface area contributed by atoms with Crippen LogP contribution in [0.4, 0.5) is 17.1 Å². The lowest BCUT2D eigenvalue weighted by Gasteiger charge is -1.99. The Kier molecular flexibility index (Phi) is 5.88. The number of nitrogens with two attached hydrogens (primary N) is 1. The predicted octanol–water partition coefficient (Wildman–Crippen LogP) is 3.98. The number of azo groups is 1. The summed E-state index contributed by atoms with van der Waals surface area (Å²) < 4.78 is 24.2. The molecule has 3 aromatic carbocycles. The average Bonchev–Trinajstić information content (AvgIpc) is 3.12. The zero-order chi connectivity index (χ0) is 22.6. The zero-order valence-corrected chi connectivity index (χ0v) is 17.5. The van der Waals surface area contributed by atoms with Gasteiger partial charge in [0.25, 0.3) is 5.56 Å². The first kappa shape index (κ1) is 21.1. The van der Waals surface area contributed by atoms with Gasteiger partial charge in [0.2, 0.25) is 10.0 Å². The van der Waals surface area contributed by atoms with E-state index in [0.717, 1.165) is 0 Å². The maximum atomic E-state index is 13.0. The number of hydrogen-bond acceptors (Lipinski definition) is 6. The average molecular weight is 446 g/mol. The van der Waals surface area contributed by atoms with E-state index in [0.29, 0.717) is 22.8 Å². The first-order chi connectivity index (χ1) is 15.4. The van der Waals surface area contributed by atoms with E-state index in [9.17, 15) is 13.2 Å². The van der Waals surface area contributed by atoms with E-state index in [-0.39, 0.29) is 16.1 Å². The minimum atomic E-state index is -3.79. The Morgan fingerprint density at radius 3 is 2.06 bits per heavy atom. The van der Waals surface area contributed by atoms with Crippen LogP contribution in [0.3, 0.4) is 0 Å². The standard InChI is InChI=1S/C22H18N6O3S/c23-32(30,31)19-13-11-16(12-14-19)24-15-20-21(26-25-17-7-3-1-4-8-17)22(29)28(27-20)18-9-5-2-6-10-18/h1-15,27H,(H2,23,30,31). The Morgan fingerprint density at radius 2 is 1.44 bits per heavy atom. The highest BCUT2D eigenvalue weighted by Gasteiger charge is 2.14. The second-order valence-corrected chi connectivity index (χ2v) is 8.24. The molecule has 0 aliphatic carbocycles. The number of primary sulfonamides is 1. The van der Waals surface area contributed by atoms with Crippen molar-refractivity contribution in [1.29, 1.82) is 0 Å². The number of rotatable bonds is 6. The molecule has 9 nitrogen and oxygen atoms in total. The summed E-state index contributed by atoms with van der Waals surface area (Å²) in [6, 6.07) is 23.8. The van der Waals surface area contributed by atoms with Gasteiger partial charge >= 0.3 is 0 Å². The summed E-state index contributed by atoms with van der Waals surface area (Å²) in [6.07, 6.45) is 1.44. The summed E-state index contributed by atoms with van der Waals surface area (Å²) >= 11 is 0. The van der Waals surface area contributed by atoms with Gasteiger partial charge in [-0.25, -0.2) is 18.2 Å². The van der Waals surface area contributed by atoms with Crippen molar-refractivity contribution in [3.8, 4) is 5.69 Å². The number of aromatic nitrogens is 2. The van der Waals surface area contributed by atoms with Gasteiger partial charge in [0.05, 0.1) is 28.2 Å². The molecule has 0 fully saturated rings. The molecule has 1 aromatic heterocycles. The van der Waals surface area contributed by atoms with E-state index in [1.165, 1.54) is 35.2 Å². The Hall–Kier alpha value is -4.15. The smallest absolute Gasteiger partial charge is 0.287 e. The fraction of sp³-hybridized carbons (Fsp3) is 0. The topological polar surface area (TPSA) is 135 Å². The zero-order valence-electron chi connectivity index (χ0n) is 16.7. The van der Waals surface area contributed by atoms with Crippen LogP contribution in [-0.4, -0.2) is 24.4 Å². The summed E-state index contributed by atoms with van der Waals surface area (Å²) in [5, 5.41) is 16.4. The SMILES string of the molecule is NS(=O)(=O)c1ccc(N=Cc2[nH]n(-c3ccccc3)c(=O)c2N=Nc2ccccc2)cc1. The van der Waals surface area contributed by atoms with E-state index < -0.39 is 10.0 Å². The number of para-hydroxylation sites is 1. The van der Waals surface area contributed by atoms with Crippen molar-refractivity contribution in [3.63, 3.8) is 0 Å². The third kappa shape index (κ3) is 4.77. The molecule has 160 valence electrons. The number of nitrogens with one attached hydrogen (secondary N) is 1. The van der Waals surface area contributed by atoms with E-state index >= 15 is 0 Å². The molecule has 4 aromatic rings. The van der Waals surface area contributed by atoms with Crippen molar-refractivity contribution < 1.29 is 8.42 Å². The third-order valence-corrected chi connectivity index (χ3v) is 5.37. The maximum absolute atomic E-state index is 13.0. The Morgan fingerprint density at radius 1 is 0.812 bits per heavy atom. The quantitative estimate of drug-likeness (QED) is 0.342. The number of benzene rings is 3. The van der Waals surface area contributed by atoms with Gasteiger partial charge in [-0.1, -0.05) is 36.4 Å². The van der Waals surface area contributed by atoms with Gasteiger partial charge in [-0.2, -0.15) is 5.11 Å². The molecule has 0 amide bonds. The molecule has 1 heterocycles. The van der Waals surface area contributed by atoms with E-state index in [1.807, 2.05) is 36.4 Å². The second-order valence-electron chi connectivity index (χ2n) is 6.68. The van der Waals surface area contributed by atoms with Crippen molar-refractivity contribution in [2.75, 3.05) is 0 Å². The molecule has 0 atom stereocenters. The Balaban J connectivity index is 1.73. The van der Waals surface area contributed by atoms with Crippen molar-refractivity contribution in [2.45, 2.75) is 4.90 Å². The normalized spacial score (nSPS) is 12.0. The fourth-order valence-electron chi connectivity index (χ4n) is 2.85. The molecule has 3 N–H and O–H groups in total. The van der Waals surface area contributed by atoms with Crippen LogP contribution in [0.1, 0.15) is 5.69 Å². The first-order valence-corrected chi connectivity index (χ1v) is 11.0. The van der Waals surface area contributed by atoms with Crippen LogP contribution < -0.4 is 10.7 Å². The van der Waals surface area contributed by atoms with Gasteiger partial charge in [-0.15, -0.1) is 5.11 Å². The van der Waals surface area contributed by atoms with Gasteiger partial charge < -0.3 is 0 Å². The van der Waals surface area contributed by atoms with Crippen LogP contribution in [0.5, 0.6) is 0 Å². The van der Waals surface area contributed by atoms with Crippen LogP contribution >= 0.6 is 0 Å². The molecule has 0 spiro atoms. The Labute approximate surface area is 183 Å². The van der Waals surface area contributed by atoms with Gasteiger partial charge in [-0.05, 0) is 48.5 Å². The van der Waals surface area contributed by atoms with Gasteiger partial charge in [0, 0.05) is 0 Å². The molecule has 0 bridgehead atoms. The monoisotopic (exact) mass is 446 g/mol. The highest BCUT2D eigenvalue weighted by atomic mass is 32.2. The highest BCUT2D eigenvalue weighted by Crippen LogP contribution is 2.20. The van der Waals surface area contributed by atoms with Gasteiger partial charge in [0.15, 0.2) is 5.69 Å². The van der Waals surface area contributed by atoms with Crippen molar-refractivity contribution >= 4 is 33.3 Å². The number of H-pyrrole nitrogens is 1. The summed E-state index contributed by atoms with van der Waals surface area (Å²) in [4.78, 5) is 17.3. The van der Waals surface area contributed by atoms with Crippen LogP contribution in [0.25, 0.3) is 5.69 Å². The minimum absolute atomic E-state index is 0.0163. The molecule has 32 heavy (non-hydrogen) atoms. The molecule has 10 heteroatoms. The molecule has 0 aliphatic heterocycles. The molecule has 0 unspecified atom stereocenters. The van der Waals surface area contributed by atoms with E-state index in [1.54, 1.807) is 24.3 Å². The summed E-state index contributed by atoms with van der Waals surface area (Å²) in [6.45, 7) is 0. The van der Waals surface area contributed by atoms with Gasteiger partial charge in [-0.3, -0.25) is 14.9 Å². The molecular weight excluding hydrogens is 428 g/mol. The van der Waals surface area contributed by atoms with E-state index in [2.05, 4.69) is 20.3 Å². The Bertz CT molecular complexity index is 1440. The van der Waals surface area contributed by atoms with Crippen molar-refractivity contribution in [3.05, 3.63) is 101 Å². The summed E-state index contributed by atoms with van der Waals surface area (Å²) in [5.41, 5.74) is 1.74. The number of nitrogens with zero attached hydrogens (tertiary/aromatic N) is 4. The molecule has 4 rings (SSSR count). The largest absolute Gasteiger partial charge is 0.299 e. The van der Waals surface area contributed by atoms with Gasteiger partial charge in [0.1, 0.15) is 5.69 Å². The number of hydrogen-bond donors (Lipinski definition) is 2. The lowest BCUT2D eigenvalue weighted by molar-refractivity contribution is 0.598. The number of aliphatic imine (C=N–C) groups is 1. The highest BCUT2D eigenvalue weighted by molar-refractivity contribution is 7.89. The fourth-order valence-corrected chi connectivity index (χ4v) is 3.37. The van der Waals surface area contributed by atoms with Crippen molar-refractivity contribution in [1.82, 2.24) is 9.78 Å². The molecule has 0 saturated carbocycles. The second kappa shape index (κ2) is 8.92.